The number of aromatic nitrogens is 4. The number of amides is 1. The van der Waals surface area contributed by atoms with Crippen molar-refractivity contribution in [2.24, 2.45) is 0 Å². The van der Waals surface area contributed by atoms with Crippen LogP contribution in [0, 0.1) is 12.7 Å². The minimum absolute atomic E-state index is 0.0116. The van der Waals surface area contributed by atoms with E-state index in [1.165, 1.54) is 12.3 Å². The summed E-state index contributed by atoms with van der Waals surface area (Å²) in [4.78, 5) is 32.0. The number of aromatic amines is 1. The summed E-state index contributed by atoms with van der Waals surface area (Å²) in [5.74, 6) is 0.831. The molecular weight excluding hydrogens is 577 g/mol. The highest BCUT2D eigenvalue weighted by Crippen LogP contribution is 2.43. The van der Waals surface area contributed by atoms with Gasteiger partial charge in [-0.25, -0.2) is 19.3 Å². The van der Waals surface area contributed by atoms with Crippen molar-refractivity contribution < 1.29 is 28.9 Å². The summed E-state index contributed by atoms with van der Waals surface area (Å²) in [6.45, 7) is 2.58. The molecule has 4 heterocycles. The van der Waals surface area contributed by atoms with E-state index >= 15 is 4.39 Å². The second-order valence-electron chi connectivity index (χ2n) is 11.5. The number of aryl methyl sites for hydroxylation is 1. The van der Waals surface area contributed by atoms with E-state index in [-0.39, 0.29) is 24.7 Å². The highest BCUT2D eigenvalue weighted by atomic mass is 19.1. The Labute approximate surface area is 258 Å². The number of rotatable bonds is 9. The average Bonchev–Trinajstić information content (AvgIpc) is 3.83. The standard InChI is InChI=1S/C34H32FN5O5/c1-19-12-21(4-5-22(19)16-40-10-11-44-29-14-23(20-2-3-20)13-27(35)30(29)34(40)43)26-8-9-36-33-31(26)38-32(39-33)28-7-6-25(15-37-28)45-18-24(42)17-41/h4-9,12-15,20,24,41-42H,2-3,10-11,16-18H2,1H3,(H,36,38,39). The van der Waals surface area contributed by atoms with Gasteiger partial charge in [0.1, 0.15) is 47.9 Å². The first-order valence-corrected chi connectivity index (χ1v) is 15.0. The Kier molecular flexibility index (Phi) is 7.64. The first-order chi connectivity index (χ1) is 21.9. The third-order valence-electron chi connectivity index (χ3n) is 8.28. The number of aliphatic hydroxyl groups is 2. The number of hydrogen-bond acceptors (Lipinski definition) is 8. The molecule has 7 rings (SSSR count). The molecule has 0 saturated heterocycles. The quantitative estimate of drug-likeness (QED) is 0.218. The summed E-state index contributed by atoms with van der Waals surface area (Å²) >= 11 is 0. The molecule has 3 N–H and O–H groups in total. The van der Waals surface area contributed by atoms with Gasteiger partial charge < -0.3 is 29.6 Å². The van der Waals surface area contributed by atoms with Crippen molar-refractivity contribution in [1.29, 1.82) is 0 Å². The van der Waals surface area contributed by atoms with Crippen LogP contribution in [0.3, 0.4) is 0 Å². The number of carbonyl (C=O) groups is 1. The van der Waals surface area contributed by atoms with Crippen molar-refractivity contribution in [2.45, 2.75) is 38.3 Å². The summed E-state index contributed by atoms with van der Waals surface area (Å²) in [6.07, 6.45) is 4.36. The summed E-state index contributed by atoms with van der Waals surface area (Å²) in [5.41, 5.74) is 6.61. The fourth-order valence-corrected chi connectivity index (χ4v) is 5.62. The first kappa shape index (κ1) is 28.9. The summed E-state index contributed by atoms with van der Waals surface area (Å²) in [6, 6.07) is 14.8. The molecule has 0 radical (unpaired) electrons. The summed E-state index contributed by atoms with van der Waals surface area (Å²) in [7, 11) is 0. The Bertz CT molecular complexity index is 1890. The predicted octanol–water partition coefficient (Wildman–Crippen LogP) is 4.78. The lowest BCUT2D eigenvalue weighted by Gasteiger charge is -2.21. The molecule has 2 aliphatic rings. The van der Waals surface area contributed by atoms with Crippen LogP contribution >= 0.6 is 0 Å². The molecule has 1 saturated carbocycles. The Balaban J connectivity index is 1.11. The number of ether oxygens (including phenoxy) is 2. The number of benzene rings is 2. The first-order valence-electron chi connectivity index (χ1n) is 15.0. The van der Waals surface area contributed by atoms with Gasteiger partial charge in [-0.05, 0) is 78.3 Å². The lowest BCUT2D eigenvalue weighted by atomic mass is 9.99. The van der Waals surface area contributed by atoms with Gasteiger partial charge in [-0.2, -0.15) is 0 Å². The highest BCUT2D eigenvalue weighted by molar-refractivity contribution is 5.98. The van der Waals surface area contributed by atoms with Crippen LogP contribution in [0.1, 0.15) is 45.8 Å². The number of aliphatic hydroxyl groups excluding tert-OH is 2. The molecule has 1 amide bonds. The average molecular weight is 610 g/mol. The second kappa shape index (κ2) is 11.9. The minimum atomic E-state index is -0.962. The zero-order chi connectivity index (χ0) is 31.1. The van der Waals surface area contributed by atoms with Crippen LogP contribution in [0.25, 0.3) is 33.8 Å². The SMILES string of the molecule is Cc1cc(-c2ccnc3nc(-c4ccc(OCC(O)CO)cn4)[nH]c23)ccc1CN1CCOc2cc(C3CC3)cc(F)c2C1=O. The van der Waals surface area contributed by atoms with Crippen LogP contribution in [0.15, 0.2) is 60.9 Å². The molecule has 10 nitrogen and oxygen atoms in total. The lowest BCUT2D eigenvalue weighted by molar-refractivity contribution is 0.0535. The molecule has 3 aromatic heterocycles. The van der Waals surface area contributed by atoms with Crippen LogP contribution in [0.4, 0.5) is 4.39 Å². The van der Waals surface area contributed by atoms with Crippen LogP contribution in [-0.2, 0) is 6.54 Å². The van der Waals surface area contributed by atoms with Crippen molar-refractivity contribution in [3.8, 4) is 34.1 Å². The molecule has 0 spiro atoms. The topological polar surface area (TPSA) is 134 Å². The molecule has 2 aromatic carbocycles. The van der Waals surface area contributed by atoms with E-state index in [1.807, 2.05) is 31.2 Å². The molecule has 1 aliphatic heterocycles. The van der Waals surface area contributed by atoms with Crippen LogP contribution < -0.4 is 9.47 Å². The van der Waals surface area contributed by atoms with Crippen molar-refractivity contribution in [1.82, 2.24) is 24.8 Å². The summed E-state index contributed by atoms with van der Waals surface area (Å²) < 4.78 is 26.4. The predicted molar refractivity (Wildman–Crippen MR) is 164 cm³/mol. The molecule has 11 heteroatoms. The molecule has 1 fully saturated rings. The van der Waals surface area contributed by atoms with Gasteiger partial charge in [-0.15, -0.1) is 0 Å². The van der Waals surface area contributed by atoms with Gasteiger partial charge >= 0.3 is 0 Å². The van der Waals surface area contributed by atoms with Crippen molar-refractivity contribution in [2.75, 3.05) is 26.4 Å². The van der Waals surface area contributed by atoms with E-state index in [9.17, 15) is 9.90 Å². The molecule has 5 aromatic rings. The summed E-state index contributed by atoms with van der Waals surface area (Å²) in [5, 5.41) is 18.5. The Morgan fingerprint density at radius 1 is 1.16 bits per heavy atom. The third kappa shape index (κ3) is 5.84. The maximum absolute atomic E-state index is 15.1. The van der Waals surface area contributed by atoms with Gasteiger partial charge in [0.25, 0.3) is 5.91 Å². The van der Waals surface area contributed by atoms with Crippen LogP contribution in [0.5, 0.6) is 11.5 Å². The number of pyridine rings is 2. The number of imidazole rings is 1. The number of carbonyl (C=O) groups excluding carboxylic acids is 1. The molecule has 230 valence electrons. The van der Waals surface area contributed by atoms with Gasteiger partial charge in [0, 0.05) is 18.3 Å². The zero-order valence-electron chi connectivity index (χ0n) is 24.7. The molecule has 45 heavy (non-hydrogen) atoms. The molecule has 0 bridgehead atoms. The minimum Gasteiger partial charge on any atom is -0.491 e. The number of hydrogen-bond donors (Lipinski definition) is 3. The van der Waals surface area contributed by atoms with Crippen molar-refractivity contribution in [3.63, 3.8) is 0 Å². The molecule has 1 aliphatic carbocycles. The second-order valence-corrected chi connectivity index (χ2v) is 11.5. The van der Waals surface area contributed by atoms with E-state index in [1.54, 1.807) is 23.2 Å². The van der Waals surface area contributed by atoms with Gasteiger partial charge in [-0.3, -0.25) is 4.79 Å². The van der Waals surface area contributed by atoms with Crippen molar-refractivity contribution in [3.05, 3.63) is 89.0 Å². The normalized spacial score (nSPS) is 15.5. The highest BCUT2D eigenvalue weighted by Gasteiger charge is 2.31. The molecule has 1 atom stereocenters. The van der Waals surface area contributed by atoms with Crippen LogP contribution in [-0.4, -0.2) is 73.4 Å². The van der Waals surface area contributed by atoms with Crippen LogP contribution in [0.2, 0.25) is 0 Å². The van der Waals surface area contributed by atoms with Crippen molar-refractivity contribution >= 4 is 17.1 Å². The fourth-order valence-electron chi connectivity index (χ4n) is 5.62. The maximum atomic E-state index is 15.1. The Morgan fingerprint density at radius 2 is 2.02 bits per heavy atom. The van der Waals surface area contributed by atoms with Gasteiger partial charge in [0.05, 0.1) is 24.9 Å². The largest absolute Gasteiger partial charge is 0.491 e. The smallest absolute Gasteiger partial charge is 0.261 e. The number of H-pyrrole nitrogens is 1. The van der Waals surface area contributed by atoms with E-state index < -0.39 is 11.9 Å². The third-order valence-corrected chi connectivity index (χ3v) is 8.28. The Morgan fingerprint density at radius 3 is 2.78 bits per heavy atom. The fraction of sp³-hybridized carbons (Fsp3) is 0.294. The van der Waals surface area contributed by atoms with E-state index in [0.29, 0.717) is 54.3 Å². The monoisotopic (exact) mass is 609 g/mol. The number of halogens is 1. The Hall–Kier alpha value is -4.87. The van der Waals surface area contributed by atoms with E-state index in [4.69, 9.17) is 14.6 Å². The maximum Gasteiger partial charge on any atom is 0.261 e. The van der Waals surface area contributed by atoms with Gasteiger partial charge in [0.15, 0.2) is 11.5 Å². The lowest BCUT2D eigenvalue weighted by Crippen LogP contribution is -2.32. The van der Waals surface area contributed by atoms with E-state index in [0.717, 1.165) is 46.2 Å². The number of nitrogens with zero attached hydrogens (tertiary/aromatic N) is 4. The zero-order valence-corrected chi connectivity index (χ0v) is 24.7. The molecular formula is C34H32FN5O5. The molecule has 1 unspecified atom stereocenters. The number of nitrogens with one attached hydrogen (secondary N) is 1. The van der Waals surface area contributed by atoms with E-state index in [2.05, 4.69) is 26.0 Å². The van der Waals surface area contributed by atoms with Gasteiger partial charge in [0.2, 0.25) is 0 Å². The van der Waals surface area contributed by atoms with Gasteiger partial charge in [-0.1, -0.05) is 18.2 Å². The number of fused-ring (bicyclic) bond motifs is 2.